The minimum Gasteiger partial charge on any atom is -0.493 e. The number of halogens is 5. The topological polar surface area (TPSA) is 117 Å². The highest BCUT2D eigenvalue weighted by Gasteiger charge is 2.31. The number of hydrogen-bond acceptors (Lipinski definition) is 7. The number of nitro groups is 1. The lowest BCUT2D eigenvalue weighted by Gasteiger charge is -2.12. The van der Waals surface area contributed by atoms with E-state index in [-0.39, 0.29) is 5.69 Å². The van der Waals surface area contributed by atoms with Crippen LogP contribution >= 0.6 is 0 Å². The van der Waals surface area contributed by atoms with Crippen molar-refractivity contribution in [1.29, 1.82) is 0 Å². The molecule has 0 fully saturated rings. The van der Waals surface area contributed by atoms with Gasteiger partial charge in [0, 0.05) is 11.8 Å². The molecule has 9 nitrogen and oxygen atoms in total. The third-order valence-electron chi connectivity index (χ3n) is 3.72. The van der Waals surface area contributed by atoms with E-state index in [1.165, 1.54) is 0 Å². The van der Waals surface area contributed by atoms with E-state index in [2.05, 4.69) is 14.8 Å². The Morgan fingerprint density at radius 2 is 1.84 bits per heavy atom. The molecule has 1 N–H and O–H groups in total. The molecular weight excluding hydrogens is 451 g/mol. The minimum absolute atomic E-state index is 0.234. The molecule has 172 valence electrons. The zero-order chi connectivity index (χ0) is 24.1. The van der Waals surface area contributed by atoms with Gasteiger partial charge in [-0.3, -0.25) is 14.9 Å². The normalized spacial score (nSPS) is 11.1. The first kappa shape index (κ1) is 24.3. The van der Waals surface area contributed by atoms with Gasteiger partial charge in [0.1, 0.15) is 5.56 Å². The number of rotatable bonds is 8. The summed E-state index contributed by atoms with van der Waals surface area (Å²) in [6.45, 7) is -4.34. The summed E-state index contributed by atoms with van der Waals surface area (Å²) in [5.41, 5.74) is -2.96. The number of methoxy groups -OCH3 is 1. The fraction of sp³-hybridized carbons (Fsp3) is 0.222. The van der Waals surface area contributed by atoms with Crippen molar-refractivity contribution in [3.05, 3.63) is 57.6 Å². The first-order valence-electron chi connectivity index (χ1n) is 8.38. The molecular formula is C18H13F5N2O7. The van der Waals surface area contributed by atoms with E-state index in [4.69, 9.17) is 4.74 Å². The third-order valence-corrected chi connectivity index (χ3v) is 3.72. The lowest BCUT2D eigenvalue weighted by Crippen LogP contribution is -2.21. The Bertz CT molecular complexity index is 1030. The zero-order valence-electron chi connectivity index (χ0n) is 15.9. The number of amides is 1. The Hall–Kier alpha value is -3.97. The average molecular weight is 464 g/mol. The Balaban J connectivity index is 2.15. The van der Waals surface area contributed by atoms with E-state index >= 15 is 0 Å². The number of ether oxygens (including phenoxy) is 3. The number of nitrogens with zero attached hydrogens (tertiary/aromatic N) is 1. The van der Waals surface area contributed by atoms with Gasteiger partial charge in [0.2, 0.25) is 0 Å². The molecule has 0 radical (unpaired) electrons. The lowest BCUT2D eigenvalue weighted by atomic mass is 10.1. The molecule has 32 heavy (non-hydrogen) atoms. The summed E-state index contributed by atoms with van der Waals surface area (Å²) in [5, 5.41) is 13.3. The van der Waals surface area contributed by atoms with Crippen LogP contribution in [0.4, 0.5) is 33.3 Å². The second kappa shape index (κ2) is 9.89. The zero-order valence-corrected chi connectivity index (χ0v) is 15.9. The first-order chi connectivity index (χ1) is 14.9. The van der Waals surface area contributed by atoms with Crippen LogP contribution in [0, 0.1) is 10.1 Å². The molecule has 0 saturated heterocycles. The van der Waals surface area contributed by atoms with Gasteiger partial charge in [0.25, 0.3) is 11.6 Å². The maximum atomic E-state index is 12.7. The molecule has 14 heteroatoms. The molecule has 0 saturated carbocycles. The number of benzene rings is 2. The van der Waals surface area contributed by atoms with Crippen LogP contribution in [0.15, 0.2) is 36.4 Å². The number of anilines is 1. The van der Waals surface area contributed by atoms with Crippen LogP contribution in [0.25, 0.3) is 0 Å². The number of esters is 1. The second-order valence-electron chi connectivity index (χ2n) is 5.86. The van der Waals surface area contributed by atoms with E-state index in [0.717, 1.165) is 25.3 Å². The van der Waals surface area contributed by atoms with Crippen LogP contribution in [0.3, 0.4) is 0 Å². The van der Waals surface area contributed by atoms with Gasteiger partial charge in [-0.25, -0.2) is 4.79 Å². The predicted molar refractivity (Wildman–Crippen MR) is 96.6 cm³/mol. The maximum absolute atomic E-state index is 12.7. The minimum atomic E-state index is -4.65. The lowest BCUT2D eigenvalue weighted by molar-refractivity contribution is -0.385. The fourth-order valence-corrected chi connectivity index (χ4v) is 2.39. The van der Waals surface area contributed by atoms with Gasteiger partial charge >= 0.3 is 18.8 Å². The van der Waals surface area contributed by atoms with Gasteiger partial charge in [-0.15, -0.1) is 0 Å². The van der Waals surface area contributed by atoms with Crippen molar-refractivity contribution in [1.82, 2.24) is 0 Å². The van der Waals surface area contributed by atoms with Gasteiger partial charge < -0.3 is 19.5 Å². The SMILES string of the molecule is COc1cc(C(=O)OCC(=O)Nc2cccc(C(F)(F)F)c2)c([N+](=O)[O-])cc1OC(F)F. The van der Waals surface area contributed by atoms with Crippen LogP contribution in [0.5, 0.6) is 11.5 Å². The van der Waals surface area contributed by atoms with Crippen molar-refractivity contribution < 1.29 is 50.7 Å². The highest BCUT2D eigenvalue weighted by atomic mass is 19.4. The van der Waals surface area contributed by atoms with E-state index in [1.54, 1.807) is 0 Å². The molecule has 0 heterocycles. The molecule has 0 aliphatic carbocycles. The molecule has 0 aliphatic heterocycles. The Morgan fingerprint density at radius 3 is 2.41 bits per heavy atom. The van der Waals surface area contributed by atoms with Crippen molar-refractivity contribution in [2.45, 2.75) is 12.8 Å². The van der Waals surface area contributed by atoms with Crippen molar-refractivity contribution in [3.8, 4) is 11.5 Å². The van der Waals surface area contributed by atoms with E-state index < -0.39 is 64.5 Å². The van der Waals surface area contributed by atoms with E-state index in [0.29, 0.717) is 18.2 Å². The van der Waals surface area contributed by atoms with Gasteiger partial charge in [-0.05, 0) is 18.2 Å². The molecule has 2 aromatic rings. The molecule has 2 aromatic carbocycles. The number of nitrogens with one attached hydrogen (secondary N) is 1. The van der Waals surface area contributed by atoms with Crippen LogP contribution in [0.2, 0.25) is 0 Å². The first-order valence-corrected chi connectivity index (χ1v) is 8.38. The second-order valence-corrected chi connectivity index (χ2v) is 5.86. The van der Waals surface area contributed by atoms with E-state index in [9.17, 15) is 41.7 Å². The summed E-state index contributed by atoms with van der Waals surface area (Å²) in [4.78, 5) is 34.2. The smallest absolute Gasteiger partial charge is 0.416 e. The summed E-state index contributed by atoms with van der Waals surface area (Å²) < 4.78 is 76.6. The van der Waals surface area contributed by atoms with Gasteiger partial charge in [0.15, 0.2) is 18.1 Å². The molecule has 1 amide bonds. The highest BCUT2D eigenvalue weighted by molar-refractivity contribution is 5.98. The monoisotopic (exact) mass is 464 g/mol. The van der Waals surface area contributed by atoms with Crippen LogP contribution in [-0.4, -0.2) is 37.1 Å². The predicted octanol–water partition coefficient (Wildman–Crippen LogP) is 4.02. The number of carbonyl (C=O) groups excluding carboxylic acids is 2. The molecule has 0 atom stereocenters. The third kappa shape index (κ3) is 6.26. The molecule has 0 bridgehead atoms. The summed E-state index contributed by atoms with van der Waals surface area (Å²) >= 11 is 0. The van der Waals surface area contributed by atoms with Crippen LogP contribution in [-0.2, 0) is 15.7 Å². The van der Waals surface area contributed by atoms with Gasteiger partial charge in [0.05, 0.1) is 23.7 Å². The summed E-state index contributed by atoms with van der Waals surface area (Å²) in [7, 11) is 1.02. The Labute approximate surface area is 175 Å². The molecule has 0 spiro atoms. The van der Waals surface area contributed by atoms with Crippen LogP contribution < -0.4 is 14.8 Å². The summed E-state index contributed by atoms with van der Waals surface area (Å²) in [6.07, 6.45) is -4.65. The van der Waals surface area contributed by atoms with Gasteiger partial charge in [-0.1, -0.05) is 6.07 Å². The number of nitro benzene ring substituents is 1. The number of hydrogen-bond donors (Lipinski definition) is 1. The maximum Gasteiger partial charge on any atom is 0.416 e. The van der Waals surface area contributed by atoms with Crippen molar-refractivity contribution in [3.63, 3.8) is 0 Å². The molecule has 0 unspecified atom stereocenters. The fourth-order valence-electron chi connectivity index (χ4n) is 2.39. The highest BCUT2D eigenvalue weighted by Crippen LogP contribution is 2.36. The number of alkyl halides is 5. The summed E-state index contributed by atoms with van der Waals surface area (Å²) in [5.74, 6) is -3.59. The average Bonchev–Trinajstić information content (AvgIpc) is 2.70. The largest absolute Gasteiger partial charge is 0.493 e. The Morgan fingerprint density at radius 1 is 1.16 bits per heavy atom. The quantitative estimate of drug-likeness (QED) is 0.271. The van der Waals surface area contributed by atoms with Crippen LogP contribution in [0.1, 0.15) is 15.9 Å². The molecule has 2 rings (SSSR count). The van der Waals surface area contributed by atoms with Crippen molar-refractivity contribution in [2.24, 2.45) is 0 Å². The van der Waals surface area contributed by atoms with Crippen molar-refractivity contribution in [2.75, 3.05) is 19.0 Å². The summed E-state index contributed by atoms with van der Waals surface area (Å²) in [6, 6.07) is 4.86. The Kier molecular flexibility index (Phi) is 7.51. The van der Waals surface area contributed by atoms with E-state index in [1.807, 2.05) is 0 Å². The number of carbonyl (C=O) groups is 2. The molecule has 0 aromatic heterocycles. The standard InChI is InChI=1S/C18H13F5N2O7/c1-30-13-6-11(12(25(28)29)7-14(13)32-17(19)20)16(27)31-8-15(26)24-10-4-2-3-9(5-10)18(21,22)23/h2-7,17H,8H2,1H3,(H,24,26). The van der Waals surface area contributed by atoms with Gasteiger partial charge in [-0.2, -0.15) is 22.0 Å². The molecule has 0 aliphatic rings. The van der Waals surface area contributed by atoms with Crippen molar-refractivity contribution >= 4 is 23.3 Å².